The summed E-state index contributed by atoms with van der Waals surface area (Å²) in [6.45, 7) is 2.71. The van der Waals surface area contributed by atoms with Gasteiger partial charge >= 0.3 is 0 Å². The average molecular weight is 254 g/mol. The van der Waals surface area contributed by atoms with E-state index in [2.05, 4.69) is 5.10 Å². The van der Waals surface area contributed by atoms with Gasteiger partial charge in [0.2, 0.25) is 5.78 Å². The molecular weight excluding hydrogens is 242 g/mol. The minimum absolute atomic E-state index is 0.225. The van der Waals surface area contributed by atoms with E-state index in [1.807, 2.05) is 6.92 Å². The van der Waals surface area contributed by atoms with Crippen LogP contribution < -0.4 is 5.73 Å². The normalized spacial score (nSPS) is 10.8. The lowest BCUT2D eigenvalue weighted by molar-refractivity contribution is 0.0997. The van der Waals surface area contributed by atoms with Gasteiger partial charge in [-0.2, -0.15) is 5.10 Å². The van der Waals surface area contributed by atoms with Gasteiger partial charge in [-0.1, -0.05) is 11.6 Å². The number of ketones is 1. The van der Waals surface area contributed by atoms with Crippen molar-refractivity contribution in [2.75, 3.05) is 0 Å². The first-order chi connectivity index (χ1) is 8.17. The minimum Gasteiger partial charge on any atom is -0.456 e. The molecule has 0 saturated carbocycles. The van der Waals surface area contributed by atoms with E-state index in [0.717, 1.165) is 0 Å². The van der Waals surface area contributed by atoms with Gasteiger partial charge < -0.3 is 10.2 Å². The fourth-order valence-electron chi connectivity index (χ4n) is 1.55. The Bertz CT molecular complexity index is 545. The number of aromatic nitrogens is 2. The summed E-state index contributed by atoms with van der Waals surface area (Å²) < 4.78 is 6.84. The SMILES string of the molecule is CCn1ncc(Cl)c1C(=O)c1ccc(CN)o1. The van der Waals surface area contributed by atoms with Crippen LogP contribution in [-0.2, 0) is 13.1 Å². The van der Waals surface area contributed by atoms with Gasteiger partial charge in [0.1, 0.15) is 11.5 Å². The first-order valence-corrected chi connectivity index (χ1v) is 5.60. The van der Waals surface area contributed by atoms with E-state index in [4.69, 9.17) is 21.8 Å². The summed E-state index contributed by atoms with van der Waals surface area (Å²) in [5.74, 6) is 0.503. The molecule has 6 heteroatoms. The number of hydrogen-bond acceptors (Lipinski definition) is 4. The molecule has 0 aliphatic heterocycles. The topological polar surface area (TPSA) is 74.0 Å². The number of nitrogens with two attached hydrogens (primary N) is 1. The van der Waals surface area contributed by atoms with Gasteiger partial charge in [0.05, 0.1) is 17.8 Å². The quantitative estimate of drug-likeness (QED) is 0.844. The molecule has 0 spiro atoms. The Morgan fingerprint density at radius 3 is 2.94 bits per heavy atom. The molecule has 2 aromatic heterocycles. The van der Waals surface area contributed by atoms with Crippen molar-refractivity contribution in [1.29, 1.82) is 0 Å². The molecule has 0 bridgehead atoms. The highest BCUT2D eigenvalue weighted by Gasteiger charge is 2.21. The average Bonchev–Trinajstić information content (AvgIpc) is 2.94. The van der Waals surface area contributed by atoms with Crippen molar-refractivity contribution in [2.45, 2.75) is 20.0 Å². The van der Waals surface area contributed by atoms with Crippen LogP contribution in [0, 0.1) is 0 Å². The van der Waals surface area contributed by atoms with Crippen LogP contribution in [0.15, 0.2) is 22.7 Å². The van der Waals surface area contributed by atoms with Gasteiger partial charge in [0, 0.05) is 6.54 Å². The molecule has 0 aromatic carbocycles. The number of halogens is 1. The van der Waals surface area contributed by atoms with E-state index in [1.54, 1.807) is 12.1 Å². The number of rotatable bonds is 4. The van der Waals surface area contributed by atoms with Gasteiger partial charge in [0.25, 0.3) is 0 Å². The number of carbonyl (C=O) groups is 1. The number of carbonyl (C=O) groups excluding carboxylic acids is 1. The van der Waals surface area contributed by atoms with Gasteiger partial charge in [-0.05, 0) is 19.1 Å². The molecule has 0 unspecified atom stereocenters. The second-order valence-corrected chi connectivity index (χ2v) is 3.86. The Morgan fingerprint density at radius 1 is 1.59 bits per heavy atom. The lowest BCUT2D eigenvalue weighted by atomic mass is 10.2. The molecule has 0 saturated heterocycles. The lowest BCUT2D eigenvalue weighted by Crippen LogP contribution is -2.10. The third kappa shape index (κ3) is 2.11. The fraction of sp³-hybridized carbons (Fsp3) is 0.273. The molecule has 17 heavy (non-hydrogen) atoms. The summed E-state index contributed by atoms with van der Waals surface area (Å²) in [7, 11) is 0. The van der Waals surface area contributed by atoms with Crippen LogP contribution in [0.2, 0.25) is 5.02 Å². The zero-order chi connectivity index (χ0) is 12.4. The molecular formula is C11H12ClN3O2. The number of hydrogen-bond donors (Lipinski definition) is 1. The lowest BCUT2D eigenvalue weighted by Gasteiger charge is -2.02. The fourth-order valence-corrected chi connectivity index (χ4v) is 1.78. The van der Waals surface area contributed by atoms with E-state index in [0.29, 0.717) is 23.0 Å². The molecule has 5 nitrogen and oxygen atoms in total. The van der Waals surface area contributed by atoms with Crippen molar-refractivity contribution in [2.24, 2.45) is 5.73 Å². The van der Waals surface area contributed by atoms with Gasteiger partial charge in [0.15, 0.2) is 5.76 Å². The van der Waals surface area contributed by atoms with Crippen molar-refractivity contribution >= 4 is 17.4 Å². The highest BCUT2D eigenvalue weighted by Crippen LogP contribution is 2.20. The molecule has 90 valence electrons. The number of furan rings is 1. The van der Waals surface area contributed by atoms with Crippen molar-refractivity contribution < 1.29 is 9.21 Å². The summed E-state index contributed by atoms with van der Waals surface area (Å²) in [5.41, 5.74) is 5.76. The van der Waals surface area contributed by atoms with Crippen LogP contribution in [0.25, 0.3) is 0 Å². The standard InChI is InChI=1S/C11H12ClN3O2/c1-2-15-10(8(12)6-14-15)11(16)9-4-3-7(5-13)17-9/h3-4,6H,2,5,13H2,1H3. The molecule has 0 fully saturated rings. The Morgan fingerprint density at radius 2 is 2.35 bits per heavy atom. The predicted molar refractivity (Wildman–Crippen MR) is 62.9 cm³/mol. The Hall–Kier alpha value is -1.59. The third-order valence-electron chi connectivity index (χ3n) is 2.40. The highest BCUT2D eigenvalue weighted by atomic mass is 35.5. The summed E-state index contributed by atoms with van der Waals surface area (Å²) in [4.78, 5) is 12.2. The molecule has 0 amide bonds. The van der Waals surface area contributed by atoms with Gasteiger partial charge in [-0.25, -0.2) is 0 Å². The molecule has 0 aliphatic rings. The zero-order valence-corrected chi connectivity index (χ0v) is 10.1. The van der Waals surface area contributed by atoms with Gasteiger partial charge in [-0.15, -0.1) is 0 Å². The maximum Gasteiger partial charge on any atom is 0.247 e. The predicted octanol–water partition coefficient (Wildman–Crippen LogP) is 1.84. The largest absolute Gasteiger partial charge is 0.456 e. The van der Waals surface area contributed by atoms with E-state index in [1.165, 1.54) is 10.9 Å². The Kier molecular flexibility index (Phi) is 3.31. The molecule has 0 atom stereocenters. The highest BCUT2D eigenvalue weighted by molar-refractivity contribution is 6.34. The van der Waals surface area contributed by atoms with E-state index in [-0.39, 0.29) is 18.1 Å². The van der Waals surface area contributed by atoms with Crippen LogP contribution in [0.1, 0.15) is 28.9 Å². The van der Waals surface area contributed by atoms with Crippen LogP contribution in [-0.4, -0.2) is 15.6 Å². The van der Waals surface area contributed by atoms with Crippen molar-refractivity contribution in [3.05, 3.63) is 40.6 Å². The smallest absolute Gasteiger partial charge is 0.247 e. The van der Waals surface area contributed by atoms with Crippen LogP contribution in [0.5, 0.6) is 0 Å². The second kappa shape index (κ2) is 4.73. The minimum atomic E-state index is -0.283. The van der Waals surface area contributed by atoms with Crippen molar-refractivity contribution in [1.82, 2.24) is 9.78 Å². The molecule has 0 aliphatic carbocycles. The summed E-state index contributed by atoms with van der Waals surface area (Å²) >= 11 is 5.94. The van der Waals surface area contributed by atoms with Crippen molar-refractivity contribution in [3.63, 3.8) is 0 Å². The molecule has 2 N–H and O–H groups in total. The maximum absolute atomic E-state index is 12.2. The monoisotopic (exact) mass is 253 g/mol. The van der Waals surface area contributed by atoms with Crippen LogP contribution in [0.4, 0.5) is 0 Å². The van der Waals surface area contributed by atoms with E-state index < -0.39 is 0 Å². The summed E-state index contributed by atoms with van der Waals surface area (Å²) in [5, 5.41) is 4.33. The Labute approximate surface area is 103 Å². The van der Waals surface area contributed by atoms with Crippen molar-refractivity contribution in [3.8, 4) is 0 Å². The Balaban J connectivity index is 2.39. The molecule has 0 radical (unpaired) electrons. The van der Waals surface area contributed by atoms with E-state index in [9.17, 15) is 4.79 Å². The first-order valence-electron chi connectivity index (χ1n) is 5.22. The summed E-state index contributed by atoms with van der Waals surface area (Å²) in [6, 6.07) is 3.27. The molecule has 2 rings (SSSR count). The molecule has 2 aromatic rings. The molecule has 2 heterocycles. The van der Waals surface area contributed by atoms with Crippen LogP contribution >= 0.6 is 11.6 Å². The zero-order valence-electron chi connectivity index (χ0n) is 9.31. The maximum atomic E-state index is 12.2. The number of aryl methyl sites for hydroxylation is 1. The summed E-state index contributed by atoms with van der Waals surface area (Å²) in [6.07, 6.45) is 1.45. The van der Waals surface area contributed by atoms with E-state index >= 15 is 0 Å². The second-order valence-electron chi connectivity index (χ2n) is 3.46. The van der Waals surface area contributed by atoms with Crippen LogP contribution in [0.3, 0.4) is 0 Å². The van der Waals surface area contributed by atoms with Gasteiger partial charge in [-0.3, -0.25) is 9.48 Å². The first kappa shape index (κ1) is 11.9. The third-order valence-corrected chi connectivity index (χ3v) is 2.67. The number of nitrogens with zero attached hydrogens (tertiary/aromatic N) is 2.